The number of halogens is 1. The number of carbonyl (C=O) groups excluding carboxylic acids is 1. The van der Waals surface area contributed by atoms with E-state index in [2.05, 4.69) is 0 Å². The molecule has 3 heteroatoms. The molecule has 0 aromatic heterocycles. The summed E-state index contributed by atoms with van der Waals surface area (Å²) in [6.45, 7) is 7.28. The van der Waals surface area contributed by atoms with Crippen LogP contribution in [0.4, 0.5) is 0 Å². The fraction of sp³-hybridized carbons (Fsp3) is 0.875. The Labute approximate surface area is 72.9 Å². The quantitative estimate of drug-likeness (QED) is 0.479. The molecule has 0 bridgehead atoms. The molecule has 0 aliphatic carbocycles. The van der Waals surface area contributed by atoms with Gasteiger partial charge in [-0.1, -0.05) is 0 Å². The highest BCUT2D eigenvalue weighted by atomic mass is 35.5. The Morgan fingerprint density at radius 1 is 1.55 bits per heavy atom. The zero-order valence-electron chi connectivity index (χ0n) is 7.48. The summed E-state index contributed by atoms with van der Waals surface area (Å²) in [5.74, 6) is -0.236. The highest BCUT2D eigenvalue weighted by molar-refractivity contribution is 6.21. The summed E-state index contributed by atoms with van der Waals surface area (Å²) < 4.78 is 5.03. The second kappa shape index (κ2) is 3.96. The fourth-order valence-electron chi connectivity index (χ4n) is 0.613. The minimum Gasteiger partial charge on any atom is -0.460 e. The molecule has 0 amide bonds. The largest absolute Gasteiger partial charge is 0.460 e. The summed E-state index contributed by atoms with van der Waals surface area (Å²) in [4.78, 5) is 11.0. The van der Waals surface area contributed by atoms with Crippen LogP contribution in [0.3, 0.4) is 0 Å². The van der Waals surface area contributed by atoms with Gasteiger partial charge in [-0.25, -0.2) is 0 Å². The van der Waals surface area contributed by atoms with Gasteiger partial charge in [-0.3, -0.25) is 4.79 Å². The van der Waals surface area contributed by atoms with Crippen LogP contribution in [-0.4, -0.2) is 16.9 Å². The maximum atomic E-state index is 11.0. The lowest BCUT2D eigenvalue weighted by atomic mass is 10.2. The van der Waals surface area contributed by atoms with Gasteiger partial charge in [0.05, 0.1) is 6.42 Å². The van der Waals surface area contributed by atoms with Gasteiger partial charge in [-0.15, -0.1) is 11.6 Å². The molecular formula is C8H15ClO2. The molecule has 66 valence electrons. The van der Waals surface area contributed by atoms with Crippen LogP contribution in [0.1, 0.15) is 34.1 Å². The molecule has 2 nitrogen and oxygen atoms in total. The van der Waals surface area contributed by atoms with Gasteiger partial charge in [-0.05, 0) is 27.7 Å². The third-order valence-corrected chi connectivity index (χ3v) is 1.02. The third kappa shape index (κ3) is 7.66. The first kappa shape index (κ1) is 10.8. The number of rotatable bonds is 2. The lowest BCUT2D eigenvalue weighted by molar-refractivity contribution is -0.154. The molecule has 0 rings (SSSR count). The number of carbonyl (C=O) groups is 1. The Bertz CT molecular complexity index is 136. The minimum atomic E-state index is -0.400. The molecule has 0 saturated heterocycles. The number of hydrogen-bond donors (Lipinski definition) is 0. The molecule has 0 aromatic carbocycles. The van der Waals surface area contributed by atoms with Crippen LogP contribution in [0.15, 0.2) is 0 Å². The first-order valence-corrected chi connectivity index (χ1v) is 4.11. The molecule has 0 heterocycles. The summed E-state index contributed by atoms with van der Waals surface area (Å²) in [6, 6.07) is 0. The van der Waals surface area contributed by atoms with Gasteiger partial charge in [0.1, 0.15) is 5.60 Å². The van der Waals surface area contributed by atoms with Gasteiger partial charge < -0.3 is 4.74 Å². The molecule has 0 spiro atoms. The fourth-order valence-corrected chi connectivity index (χ4v) is 0.739. The minimum absolute atomic E-state index is 0.148. The summed E-state index contributed by atoms with van der Waals surface area (Å²) in [5, 5.41) is -0.148. The van der Waals surface area contributed by atoms with E-state index in [0.29, 0.717) is 0 Å². The zero-order valence-corrected chi connectivity index (χ0v) is 8.23. The lowest BCUT2D eigenvalue weighted by Crippen LogP contribution is -2.24. The Balaban J connectivity index is 3.71. The van der Waals surface area contributed by atoms with Gasteiger partial charge >= 0.3 is 5.97 Å². The summed E-state index contributed by atoms with van der Waals surface area (Å²) in [7, 11) is 0. The number of ether oxygens (including phenoxy) is 1. The average Bonchev–Trinajstić information content (AvgIpc) is 1.53. The van der Waals surface area contributed by atoms with Crippen molar-refractivity contribution in [2.45, 2.75) is 45.1 Å². The Morgan fingerprint density at radius 2 is 2.00 bits per heavy atom. The van der Waals surface area contributed by atoms with E-state index in [1.807, 2.05) is 20.8 Å². The van der Waals surface area contributed by atoms with Crippen LogP contribution < -0.4 is 0 Å². The van der Waals surface area contributed by atoms with Crippen molar-refractivity contribution in [1.29, 1.82) is 0 Å². The van der Waals surface area contributed by atoms with E-state index in [1.54, 1.807) is 6.92 Å². The lowest BCUT2D eigenvalue weighted by Gasteiger charge is -2.19. The van der Waals surface area contributed by atoms with E-state index < -0.39 is 5.60 Å². The van der Waals surface area contributed by atoms with Crippen molar-refractivity contribution in [3.05, 3.63) is 0 Å². The van der Waals surface area contributed by atoms with Gasteiger partial charge in [-0.2, -0.15) is 0 Å². The highest BCUT2D eigenvalue weighted by Crippen LogP contribution is 2.10. The maximum Gasteiger partial charge on any atom is 0.307 e. The molecule has 0 fully saturated rings. The second-order valence-electron chi connectivity index (χ2n) is 3.57. The van der Waals surface area contributed by atoms with Crippen molar-refractivity contribution in [3.63, 3.8) is 0 Å². The average molecular weight is 179 g/mol. The normalized spacial score (nSPS) is 14.3. The van der Waals surface area contributed by atoms with E-state index in [-0.39, 0.29) is 17.8 Å². The topological polar surface area (TPSA) is 26.3 Å². The van der Waals surface area contributed by atoms with Gasteiger partial charge in [0.15, 0.2) is 0 Å². The monoisotopic (exact) mass is 178 g/mol. The molecule has 0 saturated carbocycles. The molecule has 11 heavy (non-hydrogen) atoms. The molecular weight excluding hydrogens is 164 g/mol. The molecule has 0 aromatic rings. The highest BCUT2D eigenvalue weighted by Gasteiger charge is 2.17. The molecule has 0 N–H and O–H groups in total. The van der Waals surface area contributed by atoms with Gasteiger partial charge in [0, 0.05) is 5.38 Å². The van der Waals surface area contributed by atoms with E-state index in [4.69, 9.17) is 16.3 Å². The standard InChI is InChI=1S/C8H15ClO2/c1-6(9)5-7(10)11-8(2,3)4/h6H,5H2,1-4H3. The smallest absolute Gasteiger partial charge is 0.307 e. The predicted octanol–water partition coefficient (Wildman–Crippen LogP) is 2.35. The Morgan fingerprint density at radius 3 is 2.27 bits per heavy atom. The van der Waals surface area contributed by atoms with Crippen LogP contribution in [0.2, 0.25) is 0 Å². The number of esters is 1. The first-order valence-electron chi connectivity index (χ1n) is 3.67. The zero-order chi connectivity index (χ0) is 9.07. The van der Waals surface area contributed by atoms with Gasteiger partial charge in [0.2, 0.25) is 0 Å². The maximum absolute atomic E-state index is 11.0. The summed E-state index contributed by atoms with van der Waals surface area (Å²) >= 11 is 5.60. The predicted molar refractivity (Wildman–Crippen MR) is 45.8 cm³/mol. The van der Waals surface area contributed by atoms with Crippen molar-refractivity contribution < 1.29 is 9.53 Å². The SMILES string of the molecule is CC(Cl)CC(=O)OC(C)(C)C. The van der Waals surface area contributed by atoms with Crippen LogP contribution in [0.25, 0.3) is 0 Å². The van der Waals surface area contributed by atoms with Crippen molar-refractivity contribution >= 4 is 17.6 Å². The van der Waals surface area contributed by atoms with E-state index >= 15 is 0 Å². The van der Waals surface area contributed by atoms with Crippen LogP contribution in [-0.2, 0) is 9.53 Å². The van der Waals surface area contributed by atoms with E-state index in [1.165, 1.54) is 0 Å². The Kier molecular flexibility index (Phi) is 3.87. The molecule has 0 radical (unpaired) electrons. The van der Waals surface area contributed by atoms with E-state index in [0.717, 1.165) is 0 Å². The first-order chi connectivity index (χ1) is 4.81. The van der Waals surface area contributed by atoms with Crippen molar-refractivity contribution in [2.24, 2.45) is 0 Å². The van der Waals surface area contributed by atoms with Crippen LogP contribution >= 0.6 is 11.6 Å². The summed E-state index contributed by atoms with van der Waals surface area (Å²) in [5.41, 5.74) is -0.400. The van der Waals surface area contributed by atoms with Crippen molar-refractivity contribution in [2.75, 3.05) is 0 Å². The van der Waals surface area contributed by atoms with Crippen LogP contribution in [0, 0.1) is 0 Å². The molecule has 1 unspecified atom stereocenters. The van der Waals surface area contributed by atoms with Gasteiger partial charge in [0.25, 0.3) is 0 Å². The van der Waals surface area contributed by atoms with E-state index in [9.17, 15) is 4.79 Å². The third-order valence-electron chi connectivity index (χ3n) is 0.868. The van der Waals surface area contributed by atoms with Crippen molar-refractivity contribution in [1.82, 2.24) is 0 Å². The van der Waals surface area contributed by atoms with Crippen LogP contribution in [0.5, 0.6) is 0 Å². The molecule has 1 atom stereocenters. The number of alkyl halides is 1. The molecule has 0 aliphatic heterocycles. The number of hydrogen-bond acceptors (Lipinski definition) is 2. The Hall–Kier alpha value is -0.240. The van der Waals surface area contributed by atoms with Crippen molar-refractivity contribution in [3.8, 4) is 0 Å². The molecule has 0 aliphatic rings. The summed E-state index contributed by atoms with van der Waals surface area (Å²) in [6.07, 6.45) is 0.277. The second-order valence-corrected chi connectivity index (χ2v) is 4.32.